The predicted molar refractivity (Wildman–Crippen MR) is 63.1 cm³/mol. The second-order valence-corrected chi connectivity index (χ2v) is 4.12. The fourth-order valence-electron chi connectivity index (χ4n) is 0.979. The molecule has 6 heteroatoms. The maximum absolute atomic E-state index is 10.6. The van der Waals surface area contributed by atoms with Gasteiger partial charge in [0.25, 0.3) is 0 Å². The summed E-state index contributed by atoms with van der Waals surface area (Å²) in [5.41, 5.74) is 0.359. The molecule has 1 aromatic carbocycles. The average molecular weight is 295 g/mol. The van der Waals surface area contributed by atoms with E-state index in [1.54, 1.807) is 0 Å². The zero-order valence-electron chi connectivity index (χ0n) is 6.83. The minimum Gasteiger partial charge on any atom is -0.258 e. The van der Waals surface area contributed by atoms with Crippen molar-refractivity contribution >= 4 is 51.9 Å². The van der Waals surface area contributed by atoms with Crippen molar-refractivity contribution < 1.29 is 4.92 Å². The molecule has 14 heavy (non-hydrogen) atoms. The summed E-state index contributed by atoms with van der Waals surface area (Å²) in [5, 5.41) is 10.7. The van der Waals surface area contributed by atoms with E-state index in [-0.39, 0.29) is 15.6 Å². The molecule has 1 rings (SSSR count). The van der Waals surface area contributed by atoms with Crippen molar-refractivity contribution in [2.45, 2.75) is 4.90 Å². The zero-order chi connectivity index (χ0) is 10.9. The molecule has 0 heterocycles. The third kappa shape index (κ3) is 1.94. The number of hydrogen-bond acceptors (Lipinski definition) is 3. The van der Waals surface area contributed by atoms with Gasteiger partial charge in [0.15, 0.2) is 0 Å². The number of rotatable bonds is 2. The molecular formula is C8H5BrClNO2S. The van der Waals surface area contributed by atoms with Crippen molar-refractivity contribution in [1.82, 2.24) is 0 Å². The molecule has 0 unspecified atom stereocenters. The van der Waals surface area contributed by atoms with Gasteiger partial charge in [0, 0.05) is 10.0 Å². The van der Waals surface area contributed by atoms with Crippen LogP contribution in [-0.4, -0.2) is 4.92 Å². The fraction of sp³-hybridized carbons (Fsp3) is 0. The van der Waals surface area contributed by atoms with Crippen LogP contribution in [0.1, 0.15) is 5.56 Å². The lowest BCUT2D eigenvalue weighted by atomic mass is 10.2. The first kappa shape index (κ1) is 11.6. The first-order valence-corrected chi connectivity index (χ1v) is 5.08. The van der Waals surface area contributed by atoms with Crippen LogP contribution in [0.4, 0.5) is 5.69 Å². The van der Waals surface area contributed by atoms with Gasteiger partial charge in [-0.15, -0.1) is 12.6 Å². The van der Waals surface area contributed by atoms with Crippen molar-refractivity contribution in [1.29, 1.82) is 0 Å². The van der Waals surface area contributed by atoms with Gasteiger partial charge >= 0.3 is 5.69 Å². The Morgan fingerprint density at radius 1 is 1.71 bits per heavy atom. The Bertz CT molecular complexity index is 422. The summed E-state index contributed by atoms with van der Waals surface area (Å²) >= 11 is 13.0. The van der Waals surface area contributed by atoms with Gasteiger partial charge in [0.1, 0.15) is 5.02 Å². The van der Waals surface area contributed by atoms with Gasteiger partial charge in [0.05, 0.1) is 9.82 Å². The van der Waals surface area contributed by atoms with Crippen LogP contribution < -0.4 is 0 Å². The van der Waals surface area contributed by atoms with Crippen molar-refractivity contribution in [2.75, 3.05) is 0 Å². The monoisotopic (exact) mass is 293 g/mol. The van der Waals surface area contributed by atoms with Crippen LogP contribution in [0.2, 0.25) is 5.02 Å². The molecule has 3 nitrogen and oxygen atoms in total. The molecule has 0 spiro atoms. The molecule has 0 aliphatic rings. The summed E-state index contributed by atoms with van der Waals surface area (Å²) < 4.78 is 0.633. The third-order valence-electron chi connectivity index (χ3n) is 1.60. The number of nitro groups is 1. The highest BCUT2D eigenvalue weighted by atomic mass is 79.9. The number of nitro benzene ring substituents is 1. The van der Waals surface area contributed by atoms with E-state index in [2.05, 4.69) is 35.1 Å². The minimum absolute atomic E-state index is 0.0532. The van der Waals surface area contributed by atoms with Crippen molar-refractivity contribution in [2.24, 2.45) is 0 Å². The molecule has 0 amide bonds. The highest BCUT2D eigenvalue weighted by Gasteiger charge is 2.21. The number of benzene rings is 1. The van der Waals surface area contributed by atoms with Crippen LogP contribution in [0.15, 0.2) is 22.0 Å². The summed E-state index contributed by atoms with van der Waals surface area (Å²) in [7, 11) is 0. The summed E-state index contributed by atoms with van der Waals surface area (Å²) in [6.45, 7) is 3.54. The lowest BCUT2D eigenvalue weighted by Gasteiger charge is -2.05. The van der Waals surface area contributed by atoms with Gasteiger partial charge in [0.2, 0.25) is 0 Å². The second kappa shape index (κ2) is 4.33. The van der Waals surface area contributed by atoms with Crippen molar-refractivity contribution in [3.8, 4) is 0 Å². The molecule has 0 aliphatic carbocycles. The smallest absolute Gasteiger partial charge is 0.258 e. The Labute approximate surface area is 99.5 Å². The van der Waals surface area contributed by atoms with Gasteiger partial charge in [-0.2, -0.15) is 0 Å². The summed E-state index contributed by atoms with van der Waals surface area (Å²) in [5.74, 6) is 0. The average Bonchev–Trinajstić information content (AvgIpc) is 2.02. The van der Waals surface area contributed by atoms with Gasteiger partial charge in [-0.05, 0) is 6.07 Å². The number of halogens is 2. The second-order valence-electron chi connectivity index (χ2n) is 2.41. The summed E-state index contributed by atoms with van der Waals surface area (Å²) in [6.07, 6.45) is 1.48. The standard InChI is InChI=1S/C8H5BrClNO2S/c1-2-4-5(9)3-6(10)7(8(4)14)11(12)13/h2-3,14H,1H2. The largest absolute Gasteiger partial charge is 0.301 e. The Balaban J connectivity index is 3.60. The molecule has 0 radical (unpaired) electrons. The van der Waals surface area contributed by atoms with Crippen LogP contribution >= 0.6 is 40.2 Å². The van der Waals surface area contributed by atoms with Gasteiger partial charge < -0.3 is 0 Å². The summed E-state index contributed by atoms with van der Waals surface area (Å²) in [6, 6.07) is 1.45. The van der Waals surface area contributed by atoms with E-state index in [0.717, 1.165) is 0 Å². The van der Waals surface area contributed by atoms with E-state index in [1.807, 2.05) is 0 Å². The van der Waals surface area contributed by atoms with Crippen LogP contribution in [-0.2, 0) is 0 Å². The molecular weight excluding hydrogens is 290 g/mol. The minimum atomic E-state index is -0.565. The van der Waals surface area contributed by atoms with E-state index in [0.29, 0.717) is 10.0 Å². The fourth-order valence-corrected chi connectivity index (χ4v) is 2.61. The first-order valence-electron chi connectivity index (χ1n) is 3.46. The topological polar surface area (TPSA) is 43.1 Å². The number of nitrogens with zero attached hydrogens (tertiary/aromatic N) is 1. The Morgan fingerprint density at radius 2 is 2.29 bits per heavy atom. The van der Waals surface area contributed by atoms with Crippen LogP contribution in [0, 0.1) is 10.1 Å². The third-order valence-corrected chi connectivity index (χ3v) is 3.00. The normalized spacial score (nSPS) is 9.93. The Morgan fingerprint density at radius 3 is 2.71 bits per heavy atom. The van der Waals surface area contributed by atoms with Gasteiger partial charge in [-0.25, -0.2) is 0 Å². The van der Waals surface area contributed by atoms with Crippen LogP contribution in [0.25, 0.3) is 6.08 Å². The van der Waals surface area contributed by atoms with E-state index in [1.165, 1.54) is 12.1 Å². The lowest BCUT2D eigenvalue weighted by molar-refractivity contribution is -0.387. The summed E-state index contributed by atoms with van der Waals surface area (Å²) in [4.78, 5) is 10.3. The first-order chi connectivity index (χ1) is 6.49. The molecule has 0 bridgehead atoms. The van der Waals surface area contributed by atoms with E-state index < -0.39 is 4.92 Å². The van der Waals surface area contributed by atoms with E-state index >= 15 is 0 Å². The van der Waals surface area contributed by atoms with Crippen LogP contribution in [0.5, 0.6) is 0 Å². The maximum atomic E-state index is 10.6. The highest BCUT2D eigenvalue weighted by Crippen LogP contribution is 2.38. The van der Waals surface area contributed by atoms with E-state index in [4.69, 9.17) is 11.6 Å². The molecule has 0 aliphatic heterocycles. The van der Waals surface area contributed by atoms with Crippen molar-refractivity contribution in [3.63, 3.8) is 0 Å². The van der Waals surface area contributed by atoms with Gasteiger partial charge in [-0.3, -0.25) is 10.1 Å². The van der Waals surface area contributed by atoms with E-state index in [9.17, 15) is 10.1 Å². The maximum Gasteiger partial charge on any atom is 0.301 e. The number of hydrogen-bond donors (Lipinski definition) is 1. The molecule has 0 aromatic heterocycles. The van der Waals surface area contributed by atoms with Gasteiger partial charge in [-0.1, -0.05) is 40.2 Å². The molecule has 0 N–H and O–H groups in total. The molecule has 0 atom stereocenters. The Kier molecular flexibility index (Phi) is 3.58. The molecule has 74 valence electrons. The Hall–Kier alpha value is -0.520. The highest BCUT2D eigenvalue weighted by molar-refractivity contribution is 9.10. The molecule has 1 aromatic rings. The zero-order valence-corrected chi connectivity index (χ0v) is 10.1. The SMILES string of the molecule is C=Cc1c(Br)cc(Cl)c([N+](=O)[O-])c1S. The lowest BCUT2D eigenvalue weighted by Crippen LogP contribution is -1.93. The molecule has 0 saturated carbocycles. The molecule has 0 fully saturated rings. The van der Waals surface area contributed by atoms with Crippen molar-refractivity contribution in [3.05, 3.63) is 37.8 Å². The predicted octanol–water partition coefficient (Wildman–Crippen LogP) is 3.94. The quantitative estimate of drug-likeness (QED) is 0.510. The molecule has 0 saturated heterocycles. The number of thiol groups is 1. The van der Waals surface area contributed by atoms with Crippen LogP contribution in [0.3, 0.4) is 0 Å².